The summed E-state index contributed by atoms with van der Waals surface area (Å²) in [5, 5.41) is 3.90. The Morgan fingerprint density at radius 3 is 1.67 bits per heavy atom. The topological polar surface area (TPSA) is 0 Å². The second-order valence-corrected chi connectivity index (χ2v) is 10.1. The highest BCUT2D eigenvalue weighted by Crippen LogP contribution is 2.46. The molecule has 39 heavy (non-hydrogen) atoms. The van der Waals surface area contributed by atoms with E-state index < -0.39 is 0 Å². The summed E-state index contributed by atoms with van der Waals surface area (Å²) in [5.74, 6) is 0. The van der Waals surface area contributed by atoms with Crippen molar-refractivity contribution in [1.29, 1.82) is 0 Å². The van der Waals surface area contributed by atoms with E-state index in [0.717, 1.165) is 66.9 Å². The molecule has 0 aliphatic heterocycles. The van der Waals surface area contributed by atoms with Crippen LogP contribution >= 0.6 is 0 Å². The van der Waals surface area contributed by atoms with Crippen LogP contribution in [0.5, 0.6) is 0 Å². The van der Waals surface area contributed by atoms with Gasteiger partial charge in [-0.1, -0.05) is 139 Å². The lowest BCUT2D eigenvalue weighted by atomic mass is 9.85. The molecule has 0 bridgehead atoms. The molecule has 0 fully saturated rings. The first-order valence-electron chi connectivity index (χ1n) is 15.3. The minimum atomic E-state index is -0.162. The van der Waals surface area contributed by atoms with Crippen molar-refractivity contribution in [2.24, 2.45) is 0 Å². The first kappa shape index (κ1) is 18.3. The Balaban J connectivity index is 1.51. The van der Waals surface area contributed by atoms with E-state index in [2.05, 4.69) is 54.6 Å². The van der Waals surface area contributed by atoms with Crippen LogP contribution in [0.4, 0.5) is 0 Å². The fourth-order valence-corrected chi connectivity index (χ4v) is 6.31. The number of hydrogen-bond donors (Lipinski definition) is 0. The van der Waals surface area contributed by atoms with Gasteiger partial charge in [0.25, 0.3) is 0 Å². The smallest absolute Gasteiger partial charge is 0.0622 e. The van der Waals surface area contributed by atoms with Gasteiger partial charge in [-0.25, -0.2) is 0 Å². The third kappa shape index (κ3) is 3.46. The van der Waals surface area contributed by atoms with Crippen molar-refractivity contribution < 1.29 is 5.48 Å². The van der Waals surface area contributed by atoms with Crippen LogP contribution in [0.1, 0.15) is 16.6 Å². The Hall–Kier alpha value is -4.94. The molecule has 0 heterocycles. The van der Waals surface area contributed by atoms with Crippen molar-refractivity contribution in [2.45, 2.75) is 6.42 Å². The van der Waals surface area contributed by atoms with Crippen LogP contribution < -0.4 is 0 Å². The summed E-state index contributed by atoms with van der Waals surface area (Å²) in [7, 11) is 0. The largest absolute Gasteiger partial charge is 0.0636 e. The van der Waals surface area contributed by atoms with Gasteiger partial charge in [-0.05, 0) is 89.6 Å². The second kappa shape index (κ2) is 8.82. The van der Waals surface area contributed by atoms with E-state index in [9.17, 15) is 2.74 Å². The lowest BCUT2D eigenvalue weighted by Gasteiger charge is -2.18. The van der Waals surface area contributed by atoms with E-state index in [1.54, 1.807) is 0 Å². The maximum atomic E-state index is 9.69. The van der Waals surface area contributed by atoms with Gasteiger partial charge in [0.05, 0.1) is 5.48 Å². The van der Waals surface area contributed by atoms with Crippen LogP contribution in [0.25, 0.3) is 66.1 Å². The van der Waals surface area contributed by atoms with E-state index >= 15 is 0 Å². The van der Waals surface area contributed by atoms with Crippen molar-refractivity contribution in [2.75, 3.05) is 0 Å². The molecule has 0 unspecified atom stereocenters. The molecule has 0 aromatic heterocycles. The van der Waals surface area contributed by atoms with Gasteiger partial charge in [-0.15, -0.1) is 0 Å². The SMILES string of the molecule is [2H]c1c([2H])c(-c2cccc3c2-c2ccccc2C3)c([2H])c(-c2c3ccccc3c(-c3ccccc3)c3ccccc23)c1[2H]. The van der Waals surface area contributed by atoms with Crippen molar-refractivity contribution in [3.8, 4) is 44.5 Å². The average Bonchev–Trinajstić information content (AvgIpc) is 3.43. The highest BCUT2D eigenvalue weighted by atomic mass is 14.3. The maximum absolute atomic E-state index is 9.69. The average molecular weight is 499 g/mol. The number of fused-ring (bicyclic) bond motifs is 5. The zero-order valence-corrected chi connectivity index (χ0v) is 21.3. The lowest BCUT2D eigenvalue weighted by Crippen LogP contribution is -1.91. The van der Waals surface area contributed by atoms with Crippen LogP contribution in [0.3, 0.4) is 0 Å². The number of rotatable bonds is 3. The first-order chi connectivity index (χ1) is 21.0. The molecular weight excluding hydrogens is 468 g/mol. The predicted molar refractivity (Wildman–Crippen MR) is 166 cm³/mol. The monoisotopic (exact) mass is 498 g/mol. The molecule has 7 aromatic rings. The summed E-state index contributed by atoms with van der Waals surface area (Å²) in [6.07, 6.45) is 0.799. The molecule has 7 aromatic carbocycles. The van der Waals surface area contributed by atoms with Crippen molar-refractivity contribution in [3.63, 3.8) is 0 Å². The van der Waals surface area contributed by atoms with Gasteiger partial charge < -0.3 is 0 Å². The molecule has 0 atom stereocenters. The van der Waals surface area contributed by atoms with Gasteiger partial charge in [0.2, 0.25) is 0 Å². The van der Waals surface area contributed by atoms with E-state index in [1.807, 2.05) is 66.7 Å². The molecule has 0 radical (unpaired) electrons. The first-order valence-corrected chi connectivity index (χ1v) is 13.3. The second-order valence-electron chi connectivity index (χ2n) is 10.1. The molecule has 0 saturated carbocycles. The van der Waals surface area contributed by atoms with Crippen LogP contribution in [0, 0.1) is 0 Å². The van der Waals surface area contributed by atoms with E-state index in [-0.39, 0.29) is 24.2 Å². The van der Waals surface area contributed by atoms with Crippen molar-refractivity contribution >= 4 is 21.5 Å². The summed E-state index contributed by atoms with van der Waals surface area (Å²) >= 11 is 0. The van der Waals surface area contributed by atoms with Gasteiger partial charge in [-0.3, -0.25) is 0 Å². The molecule has 0 amide bonds. The van der Waals surface area contributed by atoms with Gasteiger partial charge >= 0.3 is 0 Å². The Labute approximate surface area is 234 Å². The normalized spacial score (nSPS) is 13.4. The molecule has 0 N–H and O–H groups in total. The standard InChI is InChI=1S/C39H26/c1-2-12-26(13-3-1)37-33-19-6-8-21-35(33)39(36-22-9-7-20-34(36)37)30-16-10-15-28(25-30)32-23-11-17-29-24-27-14-4-5-18-31(27)38(29)32/h1-23,25H,24H2/i10D,15D,16D,25D. The van der Waals surface area contributed by atoms with Crippen LogP contribution in [-0.4, -0.2) is 0 Å². The molecule has 1 aliphatic carbocycles. The molecule has 0 heteroatoms. The van der Waals surface area contributed by atoms with Gasteiger partial charge in [0, 0.05) is 0 Å². The van der Waals surface area contributed by atoms with Crippen molar-refractivity contribution in [1.82, 2.24) is 0 Å². The van der Waals surface area contributed by atoms with Crippen LogP contribution in [0.15, 0.2) is 145 Å². The Morgan fingerprint density at radius 1 is 0.410 bits per heavy atom. The van der Waals surface area contributed by atoms with E-state index in [1.165, 1.54) is 5.56 Å². The molecule has 182 valence electrons. The van der Waals surface area contributed by atoms with Gasteiger partial charge in [0.15, 0.2) is 0 Å². The Kier molecular flexibility index (Phi) is 4.15. The van der Waals surface area contributed by atoms with E-state index in [0.29, 0.717) is 11.1 Å². The fraction of sp³-hybridized carbons (Fsp3) is 0.0256. The number of benzene rings is 7. The maximum Gasteiger partial charge on any atom is 0.0636 e. The highest BCUT2D eigenvalue weighted by molar-refractivity contribution is 6.21. The lowest BCUT2D eigenvalue weighted by molar-refractivity contribution is 1.26. The molecular formula is C39H26. The third-order valence-corrected chi connectivity index (χ3v) is 7.96. The minimum absolute atomic E-state index is 0.0777. The molecule has 0 nitrogen and oxygen atoms in total. The summed E-state index contributed by atoms with van der Waals surface area (Å²) in [6, 6.07) is 40.8. The van der Waals surface area contributed by atoms with Crippen LogP contribution in [-0.2, 0) is 6.42 Å². The zero-order chi connectivity index (χ0) is 29.2. The third-order valence-electron chi connectivity index (χ3n) is 7.96. The molecule has 8 rings (SSSR count). The van der Waals surface area contributed by atoms with Gasteiger partial charge in [-0.2, -0.15) is 0 Å². The van der Waals surface area contributed by atoms with Gasteiger partial charge in [0.1, 0.15) is 0 Å². The highest BCUT2D eigenvalue weighted by Gasteiger charge is 2.22. The quantitative estimate of drug-likeness (QED) is 0.213. The Morgan fingerprint density at radius 2 is 0.949 bits per heavy atom. The fourth-order valence-electron chi connectivity index (χ4n) is 6.31. The Bertz CT molecular complexity index is 2190. The zero-order valence-electron chi connectivity index (χ0n) is 25.3. The summed E-state index contributed by atoms with van der Waals surface area (Å²) in [4.78, 5) is 0. The summed E-state index contributed by atoms with van der Waals surface area (Å²) in [5.41, 5.74) is 9.07. The van der Waals surface area contributed by atoms with Crippen molar-refractivity contribution in [3.05, 3.63) is 157 Å². The minimum Gasteiger partial charge on any atom is -0.0622 e. The van der Waals surface area contributed by atoms with Crippen LogP contribution in [0.2, 0.25) is 0 Å². The molecule has 1 aliphatic rings. The summed E-state index contributed by atoms with van der Waals surface area (Å²) < 4.78 is 36.9. The van der Waals surface area contributed by atoms with E-state index in [4.69, 9.17) is 2.74 Å². The molecule has 0 spiro atoms. The predicted octanol–water partition coefficient (Wildman–Crippen LogP) is 10.6. The summed E-state index contributed by atoms with van der Waals surface area (Å²) in [6.45, 7) is 0. The molecule has 0 saturated heterocycles. The number of hydrogen-bond acceptors (Lipinski definition) is 0.